The van der Waals surface area contributed by atoms with E-state index in [1.807, 2.05) is 31.2 Å². The average molecular weight is 237 g/mol. The van der Waals surface area contributed by atoms with E-state index in [9.17, 15) is 0 Å². The van der Waals surface area contributed by atoms with Gasteiger partial charge < -0.3 is 15.2 Å². The highest BCUT2D eigenvalue weighted by Crippen LogP contribution is 2.17. The standard InChI is InChI=1S/C14H23NO2/c1-3-10-16-13-6-8-14(9-7-13)17-11-4-5-12(2)15/h6-9,12H,3-5,10-11,15H2,1-2H3. The summed E-state index contributed by atoms with van der Waals surface area (Å²) in [5.41, 5.74) is 5.67. The van der Waals surface area contributed by atoms with E-state index in [1.54, 1.807) is 0 Å². The molecule has 0 amide bonds. The van der Waals surface area contributed by atoms with Crippen LogP contribution >= 0.6 is 0 Å². The minimum atomic E-state index is 0.253. The van der Waals surface area contributed by atoms with E-state index in [1.165, 1.54) is 0 Å². The quantitative estimate of drug-likeness (QED) is 0.707. The van der Waals surface area contributed by atoms with Crippen molar-refractivity contribution in [1.82, 2.24) is 0 Å². The molecule has 1 rings (SSSR count). The fourth-order valence-electron chi connectivity index (χ4n) is 1.45. The molecular formula is C14H23NO2. The van der Waals surface area contributed by atoms with E-state index in [0.29, 0.717) is 0 Å². The van der Waals surface area contributed by atoms with Crippen LogP contribution in [0.5, 0.6) is 11.5 Å². The maximum absolute atomic E-state index is 5.67. The van der Waals surface area contributed by atoms with Crippen molar-refractivity contribution in [2.24, 2.45) is 5.73 Å². The molecular weight excluding hydrogens is 214 g/mol. The molecule has 96 valence electrons. The fourth-order valence-corrected chi connectivity index (χ4v) is 1.45. The van der Waals surface area contributed by atoms with Crippen LogP contribution in [0, 0.1) is 0 Å². The highest BCUT2D eigenvalue weighted by Gasteiger charge is 1.97. The van der Waals surface area contributed by atoms with E-state index in [0.717, 1.165) is 44.0 Å². The molecule has 3 heteroatoms. The van der Waals surface area contributed by atoms with Crippen molar-refractivity contribution in [2.75, 3.05) is 13.2 Å². The topological polar surface area (TPSA) is 44.5 Å². The minimum absolute atomic E-state index is 0.253. The predicted octanol–water partition coefficient (Wildman–Crippen LogP) is 2.98. The van der Waals surface area contributed by atoms with Gasteiger partial charge >= 0.3 is 0 Å². The Balaban J connectivity index is 2.25. The first-order chi connectivity index (χ1) is 8.22. The maximum Gasteiger partial charge on any atom is 0.119 e. The van der Waals surface area contributed by atoms with E-state index in [4.69, 9.17) is 15.2 Å². The first-order valence-electron chi connectivity index (χ1n) is 6.33. The molecule has 0 spiro atoms. The van der Waals surface area contributed by atoms with Crippen molar-refractivity contribution in [2.45, 2.75) is 39.2 Å². The molecule has 0 aromatic heterocycles. The fraction of sp³-hybridized carbons (Fsp3) is 0.571. The molecule has 1 aromatic rings. The molecule has 0 heterocycles. The molecule has 0 saturated heterocycles. The van der Waals surface area contributed by atoms with Gasteiger partial charge in [-0.15, -0.1) is 0 Å². The van der Waals surface area contributed by atoms with Gasteiger partial charge in [-0.3, -0.25) is 0 Å². The predicted molar refractivity (Wildman–Crippen MR) is 70.6 cm³/mol. The van der Waals surface area contributed by atoms with Crippen LogP contribution in [0.1, 0.15) is 33.1 Å². The molecule has 17 heavy (non-hydrogen) atoms. The number of hydrogen-bond donors (Lipinski definition) is 1. The number of rotatable bonds is 8. The van der Waals surface area contributed by atoms with Crippen molar-refractivity contribution in [3.05, 3.63) is 24.3 Å². The number of ether oxygens (including phenoxy) is 2. The van der Waals surface area contributed by atoms with Gasteiger partial charge in [0.15, 0.2) is 0 Å². The monoisotopic (exact) mass is 237 g/mol. The molecule has 1 atom stereocenters. The summed E-state index contributed by atoms with van der Waals surface area (Å²) in [6.45, 7) is 5.58. The van der Waals surface area contributed by atoms with E-state index in [-0.39, 0.29) is 6.04 Å². The number of benzene rings is 1. The van der Waals surface area contributed by atoms with Gasteiger partial charge in [0, 0.05) is 6.04 Å². The second kappa shape index (κ2) is 7.96. The molecule has 0 fully saturated rings. The molecule has 0 aliphatic rings. The van der Waals surface area contributed by atoms with Crippen molar-refractivity contribution < 1.29 is 9.47 Å². The van der Waals surface area contributed by atoms with Gasteiger partial charge in [-0.2, -0.15) is 0 Å². The molecule has 3 nitrogen and oxygen atoms in total. The van der Waals surface area contributed by atoms with Gasteiger partial charge in [-0.05, 0) is 50.5 Å². The molecule has 0 aliphatic carbocycles. The SMILES string of the molecule is CCCOc1ccc(OCCCC(C)N)cc1. The Morgan fingerprint density at radius 1 is 1.06 bits per heavy atom. The van der Waals surface area contributed by atoms with Crippen molar-refractivity contribution in [3.63, 3.8) is 0 Å². The van der Waals surface area contributed by atoms with E-state index in [2.05, 4.69) is 6.92 Å². The number of hydrogen-bond acceptors (Lipinski definition) is 3. The van der Waals surface area contributed by atoms with Gasteiger partial charge in [0.25, 0.3) is 0 Å². The van der Waals surface area contributed by atoms with Crippen LogP contribution < -0.4 is 15.2 Å². The van der Waals surface area contributed by atoms with Crippen LogP contribution in [0.15, 0.2) is 24.3 Å². The Morgan fingerprint density at radius 2 is 1.59 bits per heavy atom. The molecule has 0 bridgehead atoms. The summed E-state index contributed by atoms with van der Waals surface area (Å²) in [4.78, 5) is 0. The van der Waals surface area contributed by atoms with Gasteiger partial charge in [-0.25, -0.2) is 0 Å². The minimum Gasteiger partial charge on any atom is -0.494 e. The second-order valence-corrected chi connectivity index (χ2v) is 4.29. The number of nitrogens with two attached hydrogens (primary N) is 1. The Hall–Kier alpha value is -1.22. The normalized spacial score (nSPS) is 12.2. The van der Waals surface area contributed by atoms with Crippen LogP contribution in [-0.4, -0.2) is 19.3 Å². The molecule has 2 N–H and O–H groups in total. The molecule has 0 aliphatic heterocycles. The summed E-state index contributed by atoms with van der Waals surface area (Å²) < 4.78 is 11.1. The van der Waals surface area contributed by atoms with E-state index >= 15 is 0 Å². The summed E-state index contributed by atoms with van der Waals surface area (Å²) in [7, 11) is 0. The lowest BCUT2D eigenvalue weighted by molar-refractivity contribution is 0.299. The Morgan fingerprint density at radius 3 is 2.06 bits per heavy atom. The van der Waals surface area contributed by atoms with Crippen molar-refractivity contribution in [3.8, 4) is 11.5 Å². The summed E-state index contributed by atoms with van der Waals surface area (Å²) in [5, 5.41) is 0. The van der Waals surface area contributed by atoms with Crippen LogP contribution in [0.25, 0.3) is 0 Å². The lowest BCUT2D eigenvalue weighted by atomic mass is 10.2. The summed E-state index contributed by atoms with van der Waals surface area (Å²) >= 11 is 0. The van der Waals surface area contributed by atoms with Gasteiger partial charge in [-0.1, -0.05) is 6.92 Å². The Labute approximate surface area is 104 Å². The average Bonchev–Trinajstić information content (AvgIpc) is 2.33. The van der Waals surface area contributed by atoms with Gasteiger partial charge in [0.05, 0.1) is 13.2 Å². The van der Waals surface area contributed by atoms with Crippen molar-refractivity contribution in [1.29, 1.82) is 0 Å². The maximum atomic E-state index is 5.67. The Bertz CT molecular complexity index is 296. The molecule has 0 saturated carbocycles. The van der Waals surface area contributed by atoms with Crippen LogP contribution in [0.4, 0.5) is 0 Å². The summed E-state index contributed by atoms with van der Waals surface area (Å²) in [6.07, 6.45) is 3.01. The Kier molecular flexibility index (Phi) is 6.48. The third kappa shape index (κ3) is 6.17. The smallest absolute Gasteiger partial charge is 0.119 e. The molecule has 0 radical (unpaired) electrons. The largest absolute Gasteiger partial charge is 0.494 e. The highest BCUT2D eigenvalue weighted by molar-refractivity contribution is 5.31. The first-order valence-corrected chi connectivity index (χ1v) is 6.33. The zero-order chi connectivity index (χ0) is 12.5. The zero-order valence-corrected chi connectivity index (χ0v) is 10.8. The van der Waals surface area contributed by atoms with Gasteiger partial charge in [0.2, 0.25) is 0 Å². The van der Waals surface area contributed by atoms with Crippen LogP contribution in [0.3, 0.4) is 0 Å². The second-order valence-electron chi connectivity index (χ2n) is 4.29. The van der Waals surface area contributed by atoms with Gasteiger partial charge in [0.1, 0.15) is 11.5 Å². The highest BCUT2D eigenvalue weighted by atomic mass is 16.5. The van der Waals surface area contributed by atoms with Crippen LogP contribution in [-0.2, 0) is 0 Å². The van der Waals surface area contributed by atoms with Crippen molar-refractivity contribution >= 4 is 0 Å². The summed E-state index contributed by atoms with van der Waals surface area (Å²) in [5.74, 6) is 1.79. The zero-order valence-electron chi connectivity index (χ0n) is 10.8. The summed E-state index contributed by atoms with van der Waals surface area (Å²) in [6, 6.07) is 8.02. The lowest BCUT2D eigenvalue weighted by Gasteiger charge is -2.09. The molecule has 1 aromatic carbocycles. The van der Waals surface area contributed by atoms with Crippen LogP contribution in [0.2, 0.25) is 0 Å². The third-order valence-electron chi connectivity index (χ3n) is 2.37. The third-order valence-corrected chi connectivity index (χ3v) is 2.37. The van der Waals surface area contributed by atoms with E-state index < -0.39 is 0 Å². The molecule has 1 unspecified atom stereocenters. The first kappa shape index (κ1) is 13.8. The lowest BCUT2D eigenvalue weighted by Crippen LogP contribution is -2.15.